The Balaban J connectivity index is 1.49. The molecule has 1 aliphatic rings. The molecule has 7 heteroatoms. The Morgan fingerprint density at radius 1 is 1.11 bits per heavy atom. The maximum absolute atomic E-state index is 12.8. The molecule has 28 heavy (non-hydrogen) atoms. The molecule has 1 saturated heterocycles. The van der Waals surface area contributed by atoms with Gasteiger partial charge in [-0.2, -0.15) is 0 Å². The van der Waals surface area contributed by atoms with E-state index in [0.29, 0.717) is 39.0 Å². The van der Waals surface area contributed by atoms with Crippen LogP contribution in [0.5, 0.6) is 5.75 Å². The number of rotatable bonds is 6. The van der Waals surface area contributed by atoms with Crippen molar-refractivity contribution < 1.29 is 14.3 Å². The number of hydrogen-bond acceptors (Lipinski definition) is 5. The van der Waals surface area contributed by atoms with E-state index in [0.717, 1.165) is 33.3 Å². The Labute approximate surface area is 170 Å². The molecule has 0 N–H and O–H groups in total. The lowest BCUT2D eigenvalue weighted by Crippen LogP contribution is -2.50. The minimum absolute atomic E-state index is 0.0417. The quantitative estimate of drug-likeness (QED) is 0.747. The first-order chi connectivity index (χ1) is 13.5. The highest BCUT2D eigenvalue weighted by molar-refractivity contribution is 7.13. The molecule has 1 fully saturated rings. The van der Waals surface area contributed by atoms with E-state index in [4.69, 9.17) is 4.74 Å². The molecule has 0 saturated carbocycles. The molecule has 3 rings (SSSR count). The van der Waals surface area contributed by atoms with Crippen LogP contribution < -0.4 is 4.74 Å². The van der Waals surface area contributed by atoms with E-state index in [1.807, 2.05) is 47.9 Å². The molecule has 2 amide bonds. The van der Waals surface area contributed by atoms with Crippen molar-refractivity contribution in [3.63, 3.8) is 0 Å². The van der Waals surface area contributed by atoms with Crippen LogP contribution in [-0.2, 0) is 17.6 Å². The molecule has 0 unspecified atom stereocenters. The Kier molecular flexibility index (Phi) is 6.67. The van der Waals surface area contributed by atoms with Crippen molar-refractivity contribution in [2.75, 3.05) is 33.3 Å². The van der Waals surface area contributed by atoms with Crippen molar-refractivity contribution in [2.24, 2.45) is 0 Å². The van der Waals surface area contributed by atoms with Crippen LogP contribution in [0.1, 0.15) is 39.3 Å². The van der Waals surface area contributed by atoms with Crippen LogP contribution in [-0.4, -0.2) is 59.9 Å². The average molecular weight is 402 g/mol. The van der Waals surface area contributed by atoms with Crippen LogP contribution in [0.15, 0.2) is 24.3 Å². The minimum atomic E-state index is 0.0417. The number of carbonyl (C=O) groups is 2. The smallest absolute Gasteiger partial charge is 0.265 e. The zero-order valence-electron chi connectivity index (χ0n) is 16.7. The Morgan fingerprint density at radius 3 is 2.32 bits per heavy atom. The van der Waals surface area contributed by atoms with E-state index in [2.05, 4.69) is 4.98 Å². The predicted molar refractivity (Wildman–Crippen MR) is 110 cm³/mol. The number of carbonyl (C=O) groups excluding carboxylic acids is 2. The molecule has 2 heterocycles. The summed E-state index contributed by atoms with van der Waals surface area (Å²) in [5.41, 5.74) is 1.93. The van der Waals surface area contributed by atoms with Crippen LogP contribution in [0.2, 0.25) is 0 Å². The van der Waals surface area contributed by atoms with Gasteiger partial charge in [0.1, 0.15) is 10.6 Å². The summed E-state index contributed by atoms with van der Waals surface area (Å²) in [7, 11) is 1.64. The van der Waals surface area contributed by atoms with Crippen LogP contribution in [0.25, 0.3) is 0 Å². The van der Waals surface area contributed by atoms with Crippen molar-refractivity contribution in [3.8, 4) is 5.75 Å². The van der Waals surface area contributed by atoms with E-state index in [-0.39, 0.29) is 11.8 Å². The van der Waals surface area contributed by atoms with Crippen molar-refractivity contribution in [1.82, 2.24) is 14.8 Å². The fraction of sp³-hybridized carbons (Fsp3) is 0.476. The highest BCUT2D eigenvalue weighted by atomic mass is 32.1. The monoisotopic (exact) mass is 401 g/mol. The molecule has 1 aliphatic heterocycles. The summed E-state index contributed by atoms with van der Waals surface area (Å²) in [6, 6.07) is 7.81. The molecule has 6 nitrogen and oxygen atoms in total. The molecule has 0 spiro atoms. The SMILES string of the molecule is CCc1nc(C)c(C(=O)N2CCN(C(=O)CCc3ccc(OC)cc3)CC2)s1. The normalized spacial score (nSPS) is 14.2. The van der Waals surface area contributed by atoms with Crippen LogP contribution in [0.3, 0.4) is 0 Å². The fourth-order valence-corrected chi connectivity index (χ4v) is 4.28. The number of hydrogen-bond donors (Lipinski definition) is 0. The Bertz CT molecular complexity index is 824. The molecule has 0 radical (unpaired) electrons. The number of methoxy groups -OCH3 is 1. The van der Waals surface area contributed by atoms with Gasteiger partial charge in [0.25, 0.3) is 5.91 Å². The second-order valence-corrected chi connectivity index (χ2v) is 7.98. The first-order valence-corrected chi connectivity index (χ1v) is 10.5. The average Bonchev–Trinajstić information content (AvgIpc) is 3.12. The van der Waals surface area contributed by atoms with Crippen molar-refractivity contribution >= 4 is 23.2 Å². The highest BCUT2D eigenvalue weighted by Crippen LogP contribution is 2.21. The third kappa shape index (κ3) is 4.70. The summed E-state index contributed by atoms with van der Waals surface area (Å²) in [6.45, 7) is 6.26. The number of amides is 2. The molecule has 150 valence electrons. The second kappa shape index (κ2) is 9.19. The molecule has 2 aromatic rings. The van der Waals surface area contributed by atoms with Gasteiger partial charge in [0.2, 0.25) is 5.91 Å². The van der Waals surface area contributed by atoms with Gasteiger partial charge >= 0.3 is 0 Å². The van der Waals surface area contributed by atoms with E-state index in [9.17, 15) is 9.59 Å². The molecule has 1 aromatic heterocycles. The van der Waals surface area contributed by atoms with Gasteiger partial charge in [-0.1, -0.05) is 19.1 Å². The lowest BCUT2D eigenvalue weighted by Gasteiger charge is -2.34. The number of thiazole rings is 1. The molecule has 0 aliphatic carbocycles. The molecular weight excluding hydrogens is 374 g/mol. The topological polar surface area (TPSA) is 62.7 Å². The number of aromatic nitrogens is 1. The third-order valence-corrected chi connectivity index (χ3v) is 6.33. The summed E-state index contributed by atoms with van der Waals surface area (Å²) in [5, 5.41) is 0.994. The summed E-state index contributed by atoms with van der Waals surface area (Å²) in [4.78, 5) is 34.2. The van der Waals surface area contributed by atoms with Crippen LogP contribution in [0.4, 0.5) is 0 Å². The Hall–Kier alpha value is -2.41. The van der Waals surface area contributed by atoms with E-state index < -0.39 is 0 Å². The van der Waals surface area contributed by atoms with Gasteiger partial charge in [-0.15, -0.1) is 11.3 Å². The van der Waals surface area contributed by atoms with Crippen molar-refractivity contribution in [3.05, 3.63) is 45.4 Å². The number of aryl methyl sites for hydroxylation is 3. The first kappa shape index (κ1) is 20.3. The minimum Gasteiger partial charge on any atom is -0.497 e. The second-order valence-electron chi connectivity index (χ2n) is 6.90. The first-order valence-electron chi connectivity index (χ1n) is 9.68. The third-order valence-electron chi connectivity index (χ3n) is 5.04. The Morgan fingerprint density at radius 2 is 1.75 bits per heavy atom. The van der Waals surface area contributed by atoms with Gasteiger partial charge < -0.3 is 14.5 Å². The predicted octanol–water partition coefficient (Wildman–Crippen LogP) is 2.94. The van der Waals surface area contributed by atoms with Gasteiger partial charge in [-0.25, -0.2) is 4.98 Å². The van der Waals surface area contributed by atoms with E-state index in [1.54, 1.807) is 7.11 Å². The van der Waals surface area contributed by atoms with Gasteiger partial charge in [0.05, 0.1) is 17.8 Å². The standard InChI is InChI=1S/C21H27N3O3S/c1-4-18-22-15(2)20(28-18)21(26)24-13-11-23(12-14-24)19(25)10-7-16-5-8-17(27-3)9-6-16/h5-6,8-9H,4,7,10-14H2,1-3H3. The molecule has 0 atom stereocenters. The highest BCUT2D eigenvalue weighted by Gasteiger charge is 2.27. The largest absolute Gasteiger partial charge is 0.497 e. The fourth-order valence-electron chi connectivity index (χ4n) is 3.31. The maximum Gasteiger partial charge on any atom is 0.265 e. The maximum atomic E-state index is 12.8. The van der Waals surface area contributed by atoms with Crippen LogP contribution >= 0.6 is 11.3 Å². The zero-order valence-corrected chi connectivity index (χ0v) is 17.6. The van der Waals surface area contributed by atoms with Crippen molar-refractivity contribution in [2.45, 2.75) is 33.1 Å². The lowest BCUT2D eigenvalue weighted by atomic mass is 10.1. The lowest BCUT2D eigenvalue weighted by molar-refractivity contribution is -0.132. The number of piperazine rings is 1. The zero-order chi connectivity index (χ0) is 20.1. The van der Waals surface area contributed by atoms with Gasteiger partial charge in [0, 0.05) is 32.6 Å². The van der Waals surface area contributed by atoms with Gasteiger partial charge in [-0.3, -0.25) is 9.59 Å². The van der Waals surface area contributed by atoms with E-state index in [1.165, 1.54) is 11.3 Å². The molecule has 0 bridgehead atoms. The van der Waals surface area contributed by atoms with Crippen LogP contribution in [0, 0.1) is 6.92 Å². The summed E-state index contributed by atoms with van der Waals surface area (Å²) in [6.07, 6.45) is 2.03. The number of nitrogens with zero attached hydrogens (tertiary/aromatic N) is 3. The van der Waals surface area contributed by atoms with Gasteiger partial charge in [-0.05, 0) is 37.5 Å². The summed E-state index contributed by atoms with van der Waals surface area (Å²) < 4.78 is 5.16. The summed E-state index contributed by atoms with van der Waals surface area (Å²) >= 11 is 1.48. The molecule has 1 aromatic carbocycles. The number of ether oxygens (including phenoxy) is 1. The van der Waals surface area contributed by atoms with Crippen molar-refractivity contribution in [1.29, 1.82) is 0 Å². The summed E-state index contributed by atoms with van der Waals surface area (Å²) in [5.74, 6) is 1.00. The van der Waals surface area contributed by atoms with Gasteiger partial charge in [0.15, 0.2) is 0 Å². The van der Waals surface area contributed by atoms with E-state index >= 15 is 0 Å². The molecular formula is C21H27N3O3S. The number of benzene rings is 1.